The van der Waals surface area contributed by atoms with Crippen molar-refractivity contribution in [3.63, 3.8) is 0 Å². The van der Waals surface area contributed by atoms with E-state index in [0.717, 1.165) is 15.6 Å². The molecule has 0 radical (unpaired) electrons. The zero-order valence-electron chi connectivity index (χ0n) is 9.18. The molecule has 3 nitrogen and oxygen atoms in total. The maximum absolute atomic E-state index is 10.2. The third-order valence-electron chi connectivity index (χ3n) is 2.55. The van der Waals surface area contributed by atoms with Gasteiger partial charge < -0.3 is 5.11 Å². The first-order chi connectivity index (χ1) is 7.58. The van der Waals surface area contributed by atoms with Gasteiger partial charge in [-0.05, 0) is 36.2 Å². The van der Waals surface area contributed by atoms with Crippen LogP contribution in [0.1, 0.15) is 22.9 Å². The summed E-state index contributed by atoms with van der Waals surface area (Å²) < 4.78 is 2.65. The van der Waals surface area contributed by atoms with E-state index in [0.29, 0.717) is 5.69 Å². The highest BCUT2D eigenvalue weighted by Crippen LogP contribution is 2.26. The van der Waals surface area contributed by atoms with Gasteiger partial charge >= 0.3 is 0 Å². The zero-order chi connectivity index (χ0) is 11.7. The molecule has 0 amide bonds. The molecule has 0 aliphatic carbocycles. The molecule has 2 aromatic rings. The van der Waals surface area contributed by atoms with Gasteiger partial charge in [-0.25, -0.2) is 0 Å². The van der Waals surface area contributed by atoms with E-state index < -0.39 is 6.10 Å². The lowest BCUT2D eigenvalue weighted by molar-refractivity contribution is 0.213. The van der Waals surface area contributed by atoms with Gasteiger partial charge in [0.05, 0.1) is 5.69 Å². The second kappa shape index (κ2) is 4.39. The second-order valence-corrected chi connectivity index (χ2v) is 4.73. The second-order valence-electron chi connectivity index (χ2n) is 3.82. The van der Waals surface area contributed by atoms with E-state index in [4.69, 9.17) is 0 Å². The Hall–Kier alpha value is -1.13. The third-order valence-corrected chi connectivity index (χ3v) is 3.04. The summed E-state index contributed by atoms with van der Waals surface area (Å²) in [5, 5.41) is 14.4. The SMILES string of the molecule is Cc1ccc(Br)cc1C(O)c1ccn(C)n1. The minimum absolute atomic E-state index is 0.668. The summed E-state index contributed by atoms with van der Waals surface area (Å²) >= 11 is 3.41. The van der Waals surface area contributed by atoms with Gasteiger partial charge in [0.2, 0.25) is 0 Å². The number of aliphatic hydroxyl groups excluding tert-OH is 1. The Labute approximate surface area is 103 Å². The minimum Gasteiger partial charge on any atom is -0.382 e. The first kappa shape index (κ1) is 11.4. The fraction of sp³-hybridized carbons (Fsp3) is 0.250. The summed E-state index contributed by atoms with van der Waals surface area (Å²) in [6.07, 6.45) is 1.16. The van der Waals surface area contributed by atoms with Gasteiger partial charge in [0.1, 0.15) is 6.10 Å². The lowest BCUT2D eigenvalue weighted by atomic mass is 10.0. The lowest BCUT2D eigenvalue weighted by Gasteiger charge is -2.11. The van der Waals surface area contributed by atoms with Crippen LogP contribution in [0.15, 0.2) is 34.9 Å². The molecule has 0 bridgehead atoms. The van der Waals surface area contributed by atoms with Crippen LogP contribution in [0.4, 0.5) is 0 Å². The predicted molar refractivity (Wildman–Crippen MR) is 66.1 cm³/mol. The van der Waals surface area contributed by atoms with Gasteiger partial charge in [0, 0.05) is 17.7 Å². The van der Waals surface area contributed by atoms with Crippen LogP contribution in [0.25, 0.3) is 0 Å². The molecule has 0 saturated heterocycles. The molecule has 0 fully saturated rings. The summed E-state index contributed by atoms with van der Waals surface area (Å²) in [6, 6.07) is 7.69. The Morgan fingerprint density at radius 3 is 2.75 bits per heavy atom. The maximum Gasteiger partial charge on any atom is 0.123 e. The van der Waals surface area contributed by atoms with E-state index in [1.54, 1.807) is 4.68 Å². The molecule has 0 aliphatic heterocycles. The number of halogens is 1. The van der Waals surface area contributed by atoms with E-state index in [-0.39, 0.29) is 0 Å². The van der Waals surface area contributed by atoms with E-state index in [1.807, 2.05) is 44.4 Å². The molecule has 0 spiro atoms. The number of hydrogen-bond donors (Lipinski definition) is 1. The van der Waals surface area contributed by atoms with Crippen molar-refractivity contribution in [1.82, 2.24) is 9.78 Å². The van der Waals surface area contributed by atoms with Crippen molar-refractivity contribution in [1.29, 1.82) is 0 Å². The van der Waals surface area contributed by atoms with Gasteiger partial charge in [-0.1, -0.05) is 22.0 Å². The van der Waals surface area contributed by atoms with Crippen molar-refractivity contribution >= 4 is 15.9 Å². The van der Waals surface area contributed by atoms with Gasteiger partial charge in [0.25, 0.3) is 0 Å². The predicted octanol–water partition coefficient (Wildman–Crippen LogP) is 2.57. The molecule has 2 rings (SSSR count). The Kier molecular flexibility index (Phi) is 3.12. The topological polar surface area (TPSA) is 38.0 Å². The van der Waals surface area contributed by atoms with Crippen LogP contribution in [-0.4, -0.2) is 14.9 Å². The first-order valence-corrected chi connectivity index (χ1v) is 5.81. The fourth-order valence-corrected chi connectivity index (χ4v) is 2.02. The molecule has 1 atom stereocenters. The van der Waals surface area contributed by atoms with Crippen molar-refractivity contribution < 1.29 is 5.11 Å². The molecule has 84 valence electrons. The molecule has 1 N–H and O–H groups in total. The van der Waals surface area contributed by atoms with Crippen LogP contribution >= 0.6 is 15.9 Å². The van der Waals surface area contributed by atoms with Gasteiger partial charge in [-0.3, -0.25) is 4.68 Å². The van der Waals surface area contributed by atoms with Crippen molar-refractivity contribution in [3.05, 3.63) is 51.8 Å². The number of aliphatic hydroxyl groups is 1. The van der Waals surface area contributed by atoms with Gasteiger partial charge in [-0.2, -0.15) is 5.10 Å². The minimum atomic E-state index is -0.668. The van der Waals surface area contributed by atoms with Crippen molar-refractivity contribution in [2.75, 3.05) is 0 Å². The third kappa shape index (κ3) is 2.18. The fourth-order valence-electron chi connectivity index (χ4n) is 1.64. The summed E-state index contributed by atoms with van der Waals surface area (Å²) in [7, 11) is 1.84. The maximum atomic E-state index is 10.2. The van der Waals surface area contributed by atoms with Gasteiger partial charge in [-0.15, -0.1) is 0 Å². The molecule has 0 aliphatic rings. The average molecular weight is 281 g/mol. The smallest absolute Gasteiger partial charge is 0.123 e. The number of hydrogen-bond acceptors (Lipinski definition) is 2. The normalized spacial score (nSPS) is 12.8. The van der Waals surface area contributed by atoms with E-state index >= 15 is 0 Å². The van der Waals surface area contributed by atoms with Crippen LogP contribution < -0.4 is 0 Å². The summed E-state index contributed by atoms with van der Waals surface area (Å²) in [5.74, 6) is 0. The number of nitrogens with zero attached hydrogens (tertiary/aromatic N) is 2. The Bertz CT molecular complexity index is 507. The quantitative estimate of drug-likeness (QED) is 0.918. The number of aromatic nitrogens is 2. The highest BCUT2D eigenvalue weighted by atomic mass is 79.9. The van der Waals surface area contributed by atoms with Crippen LogP contribution in [-0.2, 0) is 7.05 Å². The molecular weight excluding hydrogens is 268 g/mol. The van der Waals surface area contributed by atoms with Crippen LogP contribution in [0.5, 0.6) is 0 Å². The molecular formula is C12H13BrN2O. The average Bonchev–Trinajstić information content (AvgIpc) is 2.67. The summed E-state index contributed by atoms with van der Waals surface area (Å²) in [4.78, 5) is 0. The Morgan fingerprint density at radius 2 is 2.12 bits per heavy atom. The molecule has 1 unspecified atom stereocenters. The monoisotopic (exact) mass is 280 g/mol. The molecule has 0 saturated carbocycles. The molecule has 16 heavy (non-hydrogen) atoms. The van der Waals surface area contributed by atoms with Crippen molar-refractivity contribution in [2.45, 2.75) is 13.0 Å². The number of rotatable bonds is 2. The van der Waals surface area contributed by atoms with Crippen LogP contribution in [0.3, 0.4) is 0 Å². The van der Waals surface area contributed by atoms with Crippen LogP contribution in [0, 0.1) is 6.92 Å². The summed E-state index contributed by atoms with van der Waals surface area (Å²) in [5.41, 5.74) is 2.61. The molecule has 1 heterocycles. The first-order valence-electron chi connectivity index (χ1n) is 5.01. The zero-order valence-corrected chi connectivity index (χ0v) is 10.8. The summed E-state index contributed by atoms with van der Waals surface area (Å²) in [6.45, 7) is 1.98. The highest BCUT2D eigenvalue weighted by Gasteiger charge is 2.15. The molecule has 1 aromatic carbocycles. The highest BCUT2D eigenvalue weighted by molar-refractivity contribution is 9.10. The molecule has 1 aromatic heterocycles. The van der Waals surface area contributed by atoms with E-state index in [9.17, 15) is 5.11 Å². The van der Waals surface area contributed by atoms with Crippen molar-refractivity contribution in [3.8, 4) is 0 Å². The Morgan fingerprint density at radius 1 is 1.38 bits per heavy atom. The number of benzene rings is 1. The number of aryl methyl sites for hydroxylation is 2. The van der Waals surface area contributed by atoms with E-state index in [1.165, 1.54) is 0 Å². The standard InChI is InChI=1S/C12H13BrN2O/c1-8-3-4-9(13)7-10(8)12(16)11-5-6-15(2)14-11/h3-7,12,16H,1-2H3. The van der Waals surface area contributed by atoms with Crippen molar-refractivity contribution in [2.24, 2.45) is 7.05 Å². The Balaban J connectivity index is 2.40. The molecule has 4 heteroatoms. The lowest BCUT2D eigenvalue weighted by Crippen LogP contribution is -2.03. The largest absolute Gasteiger partial charge is 0.382 e. The van der Waals surface area contributed by atoms with Gasteiger partial charge in [0.15, 0.2) is 0 Å². The van der Waals surface area contributed by atoms with Crippen LogP contribution in [0.2, 0.25) is 0 Å². The van der Waals surface area contributed by atoms with E-state index in [2.05, 4.69) is 21.0 Å².